The Kier molecular flexibility index (Phi) is 5.90. The second-order valence-corrected chi connectivity index (χ2v) is 3.87. The summed E-state index contributed by atoms with van der Waals surface area (Å²) < 4.78 is 6.22. The highest BCUT2D eigenvalue weighted by atomic mass is 16.5. The largest absolute Gasteiger partial charge is 0.465 e. The number of nitrogens with one attached hydrogen (secondary N) is 1. The zero-order chi connectivity index (χ0) is 15.0. The standard InChI is InChI=1S/C15H16N2O3/c1-4-7-13(5-2)16-14(18)11-17-9-6-8-12(10-17)15(19)20-3/h4-10H,1-2,11H2,3H3/p+1/b13-7+. The molecule has 0 aliphatic rings. The van der Waals surface area contributed by atoms with Crippen LogP contribution < -0.4 is 9.88 Å². The fraction of sp³-hybridized carbons (Fsp3) is 0.133. The van der Waals surface area contributed by atoms with Crippen LogP contribution >= 0.6 is 0 Å². The molecule has 104 valence electrons. The van der Waals surface area contributed by atoms with Crippen molar-refractivity contribution in [3.63, 3.8) is 0 Å². The van der Waals surface area contributed by atoms with Crippen molar-refractivity contribution in [2.24, 2.45) is 0 Å². The molecule has 0 aliphatic carbocycles. The molecule has 0 spiro atoms. The minimum Gasteiger partial charge on any atom is -0.465 e. The van der Waals surface area contributed by atoms with Gasteiger partial charge >= 0.3 is 5.97 Å². The molecule has 0 atom stereocenters. The average Bonchev–Trinajstić information content (AvgIpc) is 2.46. The summed E-state index contributed by atoms with van der Waals surface area (Å²) in [6, 6.07) is 3.29. The van der Waals surface area contributed by atoms with E-state index in [1.54, 1.807) is 41.2 Å². The SMILES string of the molecule is C=C/C=C(\C=C)NC(=O)C[n+]1cccc(C(=O)OC)c1. The normalized spacial score (nSPS) is 10.6. The van der Waals surface area contributed by atoms with Gasteiger partial charge in [0.1, 0.15) is 5.56 Å². The molecular formula is C15H17N2O3+. The lowest BCUT2D eigenvalue weighted by molar-refractivity contribution is -0.684. The first-order valence-corrected chi connectivity index (χ1v) is 5.93. The fourth-order valence-corrected chi connectivity index (χ4v) is 1.51. The number of ether oxygens (including phenoxy) is 1. The molecule has 0 saturated heterocycles. The van der Waals surface area contributed by atoms with Crippen LogP contribution in [0.25, 0.3) is 0 Å². The number of amides is 1. The van der Waals surface area contributed by atoms with Crippen LogP contribution in [0, 0.1) is 0 Å². The summed E-state index contributed by atoms with van der Waals surface area (Å²) in [4.78, 5) is 23.2. The number of pyridine rings is 1. The topological polar surface area (TPSA) is 59.3 Å². The number of hydrogen-bond acceptors (Lipinski definition) is 3. The Morgan fingerprint density at radius 1 is 1.45 bits per heavy atom. The first-order valence-electron chi connectivity index (χ1n) is 5.93. The lowest BCUT2D eigenvalue weighted by Crippen LogP contribution is -2.42. The predicted molar refractivity (Wildman–Crippen MR) is 74.6 cm³/mol. The van der Waals surface area contributed by atoms with Crippen molar-refractivity contribution in [1.29, 1.82) is 0 Å². The third-order valence-electron chi connectivity index (χ3n) is 2.41. The van der Waals surface area contributed by atoms with Crippen molar-refractivity contribution in [2.75, 3.05) is 7.11 Å². The van der Waals surface area contributed by atoms with Gasteiger partial charge in [0, 0.05) is 11.8 Å². The summed E-state index contributed by atoms with van der Waals surface area (Å²) in [5.41, 5.74) is 0.947. The van der Waals surface area contributed by atoms with Crippen molar-refractivity contribution >= 4 is 11.9 Å². The van der Waals surface area contributed by atoms with Crippen molar-refractivity contribution in [3.8, 4) is 0 Å². The van der Waals surface area contributed by atoms with Crippen LogP contribution in [0.5, 0.6) is 0 Å². The first kappa shape index (κ1) is 15.4. The van der Waals surface area contributed by atoms with E-state index in [0.717, 1.165) is 0 Å². The molecule has 1 amide bonds. The average molecular weight is 273 g/mol. The summed E-state index contributed by atoms with van der Waals surface area (Å²) in [6.45, 7) is 7.21. The number of hydrogen-bond donors (Lipinski definition) is 1. The summed E-state index contributed by atoms with van der Waals surface area (Å²) in [7, 11) is 1.31. The minimum atomic E-state index is -0.446. The molecule has 1 heterocycles. The molecular weight excluding hydrogens is 256 g/mol. The van der Waals surface area contributed by atoms with Crippen LogP contribution in [0.3, 0.4) is 0 Å². The quantitative estimate of drug-likeness (QED) is 0.480. The maximum absolute atomic E-state index is 11.8. The van der Waals surface area contributed by atoms with Gasteiger partial charge < -0.3 is 10.1 Å². The Morgan fingerprint density at radius 3 is 2.80 bits per heavy atom. The second-order valence-electron chi connectivity index (χ2n) is 3.87. The maximum Gasteiger partial charge on any atom is 0.343 e. The van der Waals surface area contributed by atoms with Crippen LogP contribution in [-0.2, 0) is 16.1 Å². The molecule has 1 N–H and O–H groups in total. The Labute approximate surface area is 117 Å². The molecule has 5 heteroatoms. The van der Waals surface area contributed by atoms with Gasteiger partial charge in [-0.05, 0) is 18.2 Å². The molecule has 1 aromatic heterocycles. The number of nitrogens with zero attached hydrogens (tertiary/aromatic N) is 1. The van der Waals surface area contributed by atoms with Gasteiger partial charge in [0.05, 0.1) is 7.11 Å². The van der Waals surface area contributed by atoms with Crippen molar-refractivity contribution < 1.29 is 18.9 Å². The van der Waals surface area contributed by atoms with Crippen LogP contribution in [0.2, 0.25) is 0 Å². The molecule has 0 aromatic carbocycles. The monoisotopic (exact) mass is 273 g/mol. The predicted octanol–water partition coefficient (Wildman–Crippen LogP) is 1.13. The molecule has 0 saturated carbocycles. The highest BCUT2D eigenvalue weighted by molar-refractivity contribution is 5.88. The van der Waals surface area contributed by atoms with Gasteiger partial charge in [0.25, 0.3) is 5.91 Å². The molecule has 20 heavy (non-hydrogen) atoms. The molecule has 1 rings (SSSR count). The summed E-state index contributed by atoms with van der Waals surface area (Å²) in [5.74, 6) is -0.678. The van der Waals surface area contributed by atoms with E-state index in [1.807, 2.05) is 0 Å². The highest BCUT2D eigenvalue weighted by Crippen LogP contribution is 1.97. The molecule has 0 aliphatic heterocycles. The van der Waals surface area contributed by atoms with E-state index < -0.39 is 5.97 Å². The number of allylic oxidation sites excluding steroid dienone is 3. The molecule has 0 radical (unpaired) electrons. The van der Waals surface area contributed by atoms with E-state index >= 15 is 0 Å². The lowest BCUT2D eigenvalue weighted by Gasteiger charge is -2.03. The number of esters is 1. The van der Waals surface area contributed by atoms with Crippen molar-refractivity contribution in [2.45, 2.75) is 6.54 Å². The van der Waals surface area contributed by atoms with Crippen LogP contribution in [0.15, 0.2) is 61.6 Å². The third kappa shape index (κ3) is 4.53. The Hall–Kier alpha value is -2.69. The number of carbonyl (C=O) groups excluding carboxylic acids is 2. The molecule has 1 aromatic rings. The number of carbonyl (C=O) groups is 2. The van der Waals surface area contributed by atoms with Gasteiger partial charge in [-0.2, -0.15) is 4.57 Å². The van der Waals surface area contributed by atoms with Gasteiger partial charge in [-0.25, -0.2) is 4.79 Å². The summed E-state index contributed by atoms with van der Waals surface area (Å²) in [6.07, 6.45) is 7.96. The smallest absolute Gasteiger partial charge is 0.343 e. The van der Waals surface area contributed by atoms with E-state index in [1.165, 1.54) is 13.2 Å². The van der Waals surface area contributed by atoms with E-state index in [-0.39, 0.29) is 12.5 Å². The Bertz CT molecular complexity index is 562. The number of methoxy groups -OCH3 is 1. The zero-order valence-corrected chi connectivity index (χ0v) is 11.3. The Morgan fingerprint density at radius 2 is 2.20 bits per heavy atom. The van der Waals surface area contributed by atoms with E-state index in [0.29, 0.717) is 11.3 Å². The third-order valence-corrected chi connectivity index (χ3v) is 2.41. The zero-order valence-electron chi connectivity index (χ0n) is 11.3. The lowest BCUT2D eigenvalue weighted by atomic mass is 10.3. The van der Waals surface area contributed by atoms with E-state index in [2.05, 4.69) is 23.2 Å². The first-order chi connectivity index (χ1) is 9.60. The maximum atomic E-state index is 11.8. The summed E-state index contributed by atoms with van der Waals surface area (Å²) in [5, 5.41) is 2.67. The van der Waals surface area contributed by atoms with Crippen LogP contribution in [-0.4, -0.2) is 19.0 Å². The van der Waals surface area contributed by atoms with E-state index in [4.69, 9.17) is 0 Å². The number of aromatic nitrogens is 1. The van der Waals surface area contributed by atoms with Gasteiger partial charge in [-0.3, -0.25) is 4.79 Å². The molecule has 0 unspecified atom stereocenters. The van der Waals surface area contributed by atoms with Gasteiger partial charge in [-0.15, -0.1) is 0 Å². The molecule has 0 fully saturated rings. The minimum absolute atomic E-state index is 0.0765. The highest BCUT2D eigenvalue weighted by Gasteiger charge is 2.14. The van der Waals surface area contributed by atoms with Gasteiger partial charge in [-0.1, -0.05) is 19.2 Å². The molecule has 5 nitrogen and oxygen atoms in total. The van der Waals surface area contributed by atoms with Crippen LogP contribution in [0.1, 0.15) is 10.4 Å². The second kappa shape index (κ2) is 7.68. The fourth-order valence-electron chi connectivity index (χ4n) is 1.51. The van der Waals surface area contributed by atoms with Crippen molar-refractivity contribution in [3.05, 3.63) is 67.2 Å². The number of rotatable bonds is 6. The Balaban J connectivity index is 2.76. The van der Waals surface area contributed by atoms with Gasteiger partial charge in [0.15, 0.2) is 12.4 Å². The van der Waals surface area contributed by atoms with E-state index in [9.17, 15) is 9.59 Å². The van der Waals surface area contributed by atoms with Gasteiger partial charge in [0.2, 0.25) is 6.54 Å². The summed E-state index contributed by atoms with van der Waals surface area (Å²) >= 11 is 0. The van der Waals surface area contributed by atoms with Crippen molar-refractivity contribution in [1.82, 2.24) is 5.32 Å². The van der Waals surface area contributed by atoms with Crippen LogP contribution in [0.4, 0.5) is 0 Å². The molecule has 0 bridgehead atoms.